The van der Waals surface area contributed by atoms with Crippen LogP contribution in [0.1, 0.15) is 38.6 Å². The fraction of sp³-hybridized carbons (Fsp3) is 0.350. The van der Waals surface area contributed by atoms with Crippen molar-refractivity contribution in [1.29, 1.82) is 0 Å². The summed E-state index contributed by atoms with van der Waals surface area (Å²) in [6.07, 6.45) is 4.11. The molecule has 0 radical (unpaired) electrons. The molecular formula is C20H24N4O2. The number of carbonyl (C=O) groups excluding carboxylic acids is 1. The van der Waals surface area contributed by atoms with Crippen molar-refractivity contribution < 1.29 is 9.21 Å². The van der Waals surface area contributed by atoms with Gasteiger partial charge in [0.2, 0.25) is 11.8 Å². The molecule has 0 aliphatic rings. The van der Waals surface area contributed by atoms with Crippen LogP contribution in [0.2, 0.25) is 0 Å². The lowest BCUT2D eigenvalue weighted by molar-refractivity contribution is -0.117. The first-order valence-electron chi connectivity index (χ1n) is 8.64. The van der Waals surface area contributed by atoms with Crippen LogP contribution in [0.3, 0.4) is 0 Å². The standard InChI is InChI=1S/C20H24N4O2/c1-14-17(13-24-11-5-10-21-24)23-19(26-14)15-6-8-16(9-7-15)22-18(25)12-20(2,3)4/h5-11H,12-13H2,1-4H3,(H,22,25). The van der Waals surface area contributed by atoms with E-state index in [-0.39, 0.29) is 11.3 Å². The number of rotatable bonds is 5. The summed E-state index contributed by atoms with van der Waals surface area (Å²) in [6.45, 7) is 8.60. The van der Waals surface area contributed by atoms with E-state index in [0.717, 1.165) is 22.7 Å². The lowest BCUT2D eigenvalue weighted by Gasteiger charge is -2.17. The zero-order chi connectivity index (χ0) is 18.7. The van der Waals surface area contributed by atoms with Crippen LogP contribution in [0.15, 0.2) is 47.1 Å². The molecule has 0 atom stereocenters. The van der Waals surface area contributed by atoms with Gasteiger partial charge in [0.05, 0.1) is 6.54 Å². The first-order valence-corrected chi connectivity index (χ1v) is 8.64. The average Bonchev–Trinajstić information content (AvgIpc) is 3.17. The summed E-state index contributed by atoms with van der Waals surface area (Å²) in [5, 5.41) is 7.12. The molecule has 2 heterocycles. The Bertz CT molecular complexity index is 872. The Labute approximate surface area is 153 Å². The predicted molar refractivity (Wildman–Crippen MR) is 101 cm³/mol. The van der Waals surface area contributed by atoms with Gasteiger partial charge in [-0.15, -0.1) is 0 Å². The molecule has 0 bridgehead atoms. The van der Waals surface area contributed by atoms with Gasteiger partial charge in [-0.2, -0.15) is 5.10 Å². The van der Waals surface area contributed by atoms with Crippen molar-refractivity contribution >= 4 is 11.6 Å². The van der Waals surface area contributed by atoms with Crippen LogP contribution in [-0.4, -0.2) is 20.7 Å². The summed E-state index contributed by atoms with van der Waals surface area (Å²) in [7, 11) is 0. The van der Waals surface area contributed by atoms with Crippen LogP contribution in [-0.2, 0) is 11.3 Å². The maximum Gasteiger partial charge on any atom is 0.226 e. The van der Waals surface area contributed by atoms with Gasteiger partial charge in [-0.25, -0.2) is 4.98 Å². The van der Waals surface area contributed by atoms with Crippen LogP contribution >= 0.6 is 0 Å². The van der Waals surface area contributed by atoms with E-state index in [1.165, 1.54) is 0 Å². The summed E-state index contributed by atoms with van der Waals surface area (Å²) in [5.41, 5.74) is 2.45. The van der Waals surface area contributed by atoms with Gasteiger partial charge in [0.1, 0.15) is 11.5 Å². The summed E-state index contributed by atoms with van der Waals surface area (Å²) in [4.78, 5) is 16.6. The zero-order valence-electron chi connectivity index (χ0n) is 15.6. The number of oxazole rings is 1. The monoisotopic (exact) mass is 352 g/mol. The second-order valence-corrected chi connectivity index (χ2v) is 7.59. The molecule has 2 aromatic heterocycles. The van der Waals surface area contributed by atoms with Gasteiger partial charge in [0, 0.05) is 30.1 Å². The molecule has 0 unspecified atom stereocenters. The molecular weight excluding hydrogens is 328 g/mol. The van der Waals surface area contributed by atoms with Crippen LogP contribution in [0.25, 0.3) is 11.5 Å². The van der Waals surface area contributed by atoms with E-state index in [0.29, 0.717) is 18.9 Å². The fourth-order valence-electron chi connectivity index (χ4n) is 2.63. The fourth-order valence-corrected chi connectivity index (χ4v) is 2.63. The highest BCUT2D eigenvalue weighted by Crippen LogP contribution is 2.24. The molecule has 0 aliphatic carbocycles. The molecule has 0 saturated carbocycles. The SMILES string of the molecule is Cc1oc(-c2ccc(NC(=O)CC(C)(C)C)cc2)nc1Cn1cccn1. The van der Waals surface area contributed by atoms with Crippen molar-refractivity contribution in [3.8, 4) is 11.5 Å². The molecule has 1 N–H and O–H groups in total. The van der Waals surface area contributed by atoms with Gasteiger partial charge in [-0.3, -0.25) is 9.48 Å². The number of anilines is 1. The number of carbonyl (C=O) groups is 1. The molecule has 0 saturated heterocycles. The zero-order valence-corrected chi connectivity index (χ0v) is 15.6. The Kier molecular flexibility index (Phi) is 4.93. The number of benzene rings is 1. The van der Waals surface area contributed by atoms with Crippen molar-refractivity contribution in [2.45, 2.75) is 40.7 Å². The number of nitrogens with one attached hydrogen (secondary N) is 1. The molecule has 136 valence electrons. The molecule has 0 fully saturated rings. The maximum atomic E-state index is 12.0. The van der Waals surface area contributed by atoms with Gasteiger partial charge in [-0.05, 0) is 42.7 Å². The maximum absolute atomic E-state index is 12.0. The summed E-state index contributed by atoms with van der Waals surface area (Å²) in [5.74, 6) is 1.36. The van der Waals surface area contributed by atoms with Crippen molar-refractivity contribution in [2.75, 3.05) is 5.32 Å². The lowest BCUT2D eigenvalue weighted by Crippen LogP contribution is -2.19. The van der Waals surface area contributed by atoms with Crippen LogP contribution in [0, 0.1) is 12.3 Å². The summed E-state index contributed by atoms with van der Waals surface area (Å²) >= 11 is 0. The van der Waals surface area contributed by atoms with Gasteiger partial charge in [0.25, 0.3) is 0 Å². The summed E-state index contributed by atoms with van der Waals surface area (Å²) < 4.78 is 7.60. The normalized spacial score (nSPS) is 11.5. The van der Waals surface area contributed by atoms with E-state index in [1.807, 2.05) is 68.9 Å². The average molecular weight is 352 g/mol. The number of nitrogens with zero attached hydrogens (tertiary/aromatic N) is 3. The Hall–Kier alpha value is -2.89. The number of hydrogen-bond donors (Lipinski definition) is 1. The minimum absolute atomic E-state index is 0.0127. The Morgan fingerprint density at radius 2 is 1.96 bits per heavy atom. The third-order valence-electron chi connectivity index (χ3n) is 3.87. The topological polar surface area (TPSA) is 73.0 Å². The molecule has 0 spiro atoms. The smallest absolute Gasteiger partial charge is 0.226 e. The van der Waals surface area contributed by atoms with Gasteiger partial charge < -0.3 is 9.73 Å². The Morgan fingerprint density at radius 1 is 1.23 bits per heavy atom. The second-order valence-electron chi connectivity index (χ2n) is 7.59. The van der Waals surface area contributed by atoms with E-state index in [2.05, 4.69) is 15.4 Å². The van der Waals surface area contributed by atoms with Crippen LogP contribution in [0.5, 0.6) is 0 Å². The van der Waals surface area contributed by atoms with Gasteiger partial charge in [0.15, 0.2) is 0 Å². The van der Waals surface area contributed by atoms with Gasteiger partial charge in [-0.1, -0.05) is 20.8 Å². The quantitative estimate of drug-likeness (QED) is 0.744. The van der Waals surface area contributed by atoms with Gasteiger partial charge >= 0.3 is 0 Å². The molecule has 26 heavy (non-hydrogen) atoms. The molecule has 3 rings (SSSR count). The van der Waals surface area contributed by atoms with Crippen molar-refractivity contribution in [3.63, 3.8) is 0 Å². The predicted octanol–water partition coefficient (Wildman–Crippen LogP) is 4.27. The molecule has 6 nitrogen and oxygen atoms in total. The van der Waals surface area contributed by atoms with Crippen molar-refractivity contribution in [1.82, 2.24) is 14.8 Å². The van der Waals surface area contributed by atoms with E-state index < -0.39 is 0 Å². The van der Waals surface area contributed by atoms with E-state index in [9.17, 15) is 4.79 Å². The highest BCUT2D eigenvalue weighted by atomic mass is 16.4. The Balaban J connectivity index is 1.70. The number of amides is 1. The summed E-state index contributed by atoms with van der Waals surface area (Å²) in [6, 6.07) is 9.40. The highest BCUT2D eigenvalue weighted by molar-refractivity contribution is 5.91. The first kappa shape index (κ1) is 17.9. The van der Waals surface area contributed by atoms with Crippen molar-refractivity contribution in [2.24, 2.45) is 5.41 Å². The van der Waals surface area contributed by atoms with Crippen LogP contribution in [0.4, 0.5) is 5.69 Å². The van der Waals surface area contributed by atoms with E-state index >= 15 is 0 Å². The highest BCUT2D eigenvalue weighted by Gasteiger charge is 2.16. The molecule has 6 heteroatoms. The number of aromatic nitrogens is 3. The molecule has 0 aliphatic heterocycles. The second kappa shape index (κ2) is 7.15. The third kappa shape index (κ3) is 4.59. The molecule has 3 aromatic rings. The number of hydrogen-bond acceptors (Lipinski definition) is 4. The first-order chi connectivity index (χ1) is 12.3. The van der Waals surface area contributed by atoms with Crippen molar-refractivity contribution in [3.05, 3.63) is 54.2 Å². The minimum atomic E-state index is -0.0371. The third-order valence-corrected chi connectivity index (χ3v) is 3.87. The minimum Gasteiger partial charge on any atom is -0.441 e. The largest absolute Gasteiger partial charge is 0.441 e. The van der Waals surface area contributed by atoms with Crippen LogP contribution < -0.4 is 5.32 Å². The molecule has 1 aromatic carbocycles. The molecule has 1 amide bonds. The number of aryl methyl sites for hydroxylation is 1. The van der Waals surface area contributed by atoms with E-state index in [1.54, 1.807) is 6.20 Å². The Morgan fingerprint density at radius 3 is 2.58 bits per heavy atom. The van der Waals surface area contributed by atoms with E-state index in [4.69, 9.17) is 4.42 Å². The lowest BCUT2D eigenvalue weighted by atomic mass is 9.92.